The van der Waals surface area contributed by atoms with Crippen LogP contribution in [0.5, 0.6) is 0 Å². The summed E-state index contributed by atoms with van der Waals surface area (Å²) in [4.78, 5) is 4.04. The highest BCUT2D eigenvalue weighted by atomic mass is 32.1. The Bertz CT molecular complexity index is 551. The van der Waals surface area contributed by atoms with Gasteiger partial charge in [0.15, 0.2) is 0 Å². The molecule has 2 nitrogen and oxygen atoms in total. The molecule has 0 bridgehead atoms. The van der Waals surface area contributed by atoms with Gasteiger partial charge < -0.3 is 10.2 Å². The van der Waals surface area contributed by atoms with Gasteiger partial charge in [0.1, 0.15) is 15.7 Å². The van der Waals surface area contributed by atoms with Gasteiger partial charge >= 0.3 is 0 Å². The number of likely N-dealkylation sites (tertiary alicyclic amines) is 1. The van der Waals surface area contributed by atoms with Gasteiger partial charge in [-0.2, -0.15) is 0 Å². The van der Waals surface area contributed by atoms with Crippen molar-refractivity contribution in [1.82, 2.24) is 4.90 Å². The second kappa shape index (κ2) is 5.54. The summed E-state index contributed by atoms with van der Waals surface area (Å²) in [6.07, 6.45) is 3.71. The molecule has 0 spiro atoms. The first-order valence-electron chi connectivity index (χ1n) is 7.07. The van der Waals surface area contributed by atoms with E-state index in [1.54, 1.807) is 0 Å². The van der Waals surface area contributed by atoms with E-state index in [1.807, 2.05) is 0 Å². The first-order chi connectivity index (χ1) is 9.50. The summed E-state index contributed by atoms with van der Waals surface area (Å²) < 4.78 is 0. The van der Waals surface area contributed by atoms with Gasteiger partial charge in [0, 0.05) is 34.0 Å². The van der Waals surface area contributed by atoms with Crippen molar-refractivity contribution >= 4 is 57.6 Å². The van der Waals surface area contributed by atoms with Crippen LogP contribution in [0.3, 0.4) is 0 Å². The van der Waals surface area contributed by atoms with Crippen LogP contribution >= 0.6 is 25.3 Å². The highest BCUT2D eigenvalue weighted by molar-refractivity contribution is 7.83. The molecule has 1 aromatic rings. The summed E-state index contributed by atoms with van der Waals surface area (Å²) in [5, 5.41) is 3.41. The third-order valence-corrected chi connectivity index (χ3v) is 5.83. The van der Waals surface area contributed by atoms with Crippen LogP contribution in [0.4, 0.5) is 5.69 Å². The van der Waals surface area contributed by atoms with E-state index in [0.29, 0.717) is 27.8 Å². The topological polar surface area (TPSA) is 15.3 Å². The number of hydrogen-bond donors (Lipinski definition) is 3. The molecule has 1 aromatic carbocycles. The maximum absolute atomic E-state index is 6.12. The minimum absolute atomic E-state index is 0.442. The first-order valence-corrected chi connectivity index (χ1v) is 7.97. The predicted molar refractivity (Wildman–Crippen MR) is 93.2 cm³/mol. The maximum atomic E-state index is 6.12. The minimum atomic E-state index is 0.442. The summed E-state index contributed by atoms with van der Waals surface area (Å²) in [5.74, 6) is 0.442. The van der Waals surface area contributed by atoms with Crippen molar-refractivity contribution < 1.29 is 0 Å². The van der Waals surface area contributed by atoms with Crippen LogP contribution in [0.2, 0.25) is 0 Å². The average Bonchev–Trinajstić information content (AvgIpc) is 3.02. The molecule has 0 amide bonds. The van der Waals surface area contributed by atoms with E-state index in [0.717, 1.165) is 23.5 Å². The van der Waals surface area contributed by atoms with E-state index in [-0.39, 0.29) is 0 Å². The molecular formula is C14H18B2N2S2. The van der Waals surface area contributed by atoms with Gasteiger partial charge in [-0.15, -0.1) is 25.3 Å². The molecule has 2 heterocycles. The molecule has 2 aliphatic heterocycles. The number of thiol groups is 2. The summed E-state index contributed by atoms with van der Waals surface area (Å²) in [7, 11) is 14.3. The second-order valence-corrected chi connectivity index (χ2v) is 6.80. The fraction of sp³-hybridized carbons (Fsp3) is 0.571. The normalized spacial score (nSPS) is 25.8. The lowest BCUT2D eigenvalue weighted by Gasteiger charge is -2.24. The van der Waals surface area contributed by atoms with Crippen molar-refractivity contribution in [3.8, 4) is 0 Å². The van der Waals surface area contributed by atoms with Gasteiger partial charge in [0.2, 0.25) is 0 Å². The van der Waals surface area contributed by atoms with Crippen LogP contribution in [0.25, 0.3) is 0 Å². The highest BCUT2D eigenvalue weighted by Crippen LogP contribution is 2.40. The fourth-order valence-electron chi connectivity index (χ4n) is 3.50. The van der Waals surface area contributed by atoms with Crippen LogP contribution in [0, 0.1) is 0 Å². The molecule has 1 N–H and O–H groups in total. The lowest BCUT2D eigenvalue weighted by atomic mass is 9.77. The van der Waals surface area contributed by atoms with E-state index >= 15 is 0 Å². The zero-order chi connectivity index (χ0) is 14.4. The quantitative estimate of drug-likeness (QED) is 0.554. The van der Waals surface area contributed by atoms with Gasteiger partial charge in [-0.25, -0.2) is 0 Å². The SMILES string of the molecule is [B]c1c([B])c2c(c(S)c1S)C(C[C@H]1CCCN1C)CN2. The minimum Gasteiger partial charge on any atom is -0.385 e. The van der Waals surface area contributed by atoms with Crippen LogP contribution in [-0.2, 0) is 0 Å². The predicted octanol–water partition coefficient (Wildman–Crippen LogP) is 0.845. The van der Waals surface area contributed by atoms with Crippen molar-refractivity contribution in [3.63, 3.8) is 0 Å². The molecule has 1 fully saturated rings. The van der Waals surface area contributed by atoms with E-state index < -0.39 is 0 Å². The Morgan fingerprint density at radius 1 is 1.25 bits per heavy atom. The second-order valence-electron chi connectivity index (χ2n) is 5.90. The first kappa shape index (κ1) is 14.7. The molecular weight excluding hydrogens is 282 g/mol. The van der Waals surface area contributed by atoms with E-state index in [9.17, 15) is 0 Å². The number of nitrogens with zero attached hydrogens (tertiary/aromatic N) is 1. The van der Waals surface area contributed by atoms with Crippen LogP contribution in [0.1, 0.15) is 30.7 Å². The summed E-state index contributed by atoms with van der Waals surface area (Å²) in [6.45, 7) is 2.11. The van der Waals surface area contributed by atoms with E-state index in [4.69, 9.17) is 15.7 Å². The highest BCUT2D eigenvalue weighted by Gasteiger charge is 2.32. The fourth-order valence-corrected chi connectivity index (χ4v) is 4.16. The zero-order valence-electron chi connectivity index (χ0n) is 11.7. The molecule has 0 aliphatic carbocycles. The zero-order valence-corrected chi connectivity index (χ0v) is 13.5. The van der Waals surface area contributed by atoms with Crippen molar-refractivity contribution in [2.75, 3.05) is 25.5 Å². The number of benzene rings is 1. The Kier molecular flexibility index (Phi) is 4.08. The molecule has 2 atom stereocenters. The van der Waals surface area contributed by atoms with Crippen LogP contribution in [0.15, 0.2) is 9.79 Å². The molecule has 1 unspecified atom stereocenters. The van der Waals surface area contributed by atoms with Crippen molar-refractivity contribution in [2.45, 2.75) is 41.0 Å². The molecule has 4 radical (unpaired) electrons. The molecule has 3 rings (SSSR count). The Hall–Kier alpha value is -0.190. The monoisotopic (exact) mass is 300 g/mol. The molecule has 1 saturated heterocycles. The van der Waals surface area contributed by atoms with Gasteiger partial charge in [-0.1, -0.05) is 10.9 Å². The molecule has 0 aromatic heterocycles. The maximum Gasteiger partial charge on any atom is 0.115 e. The van der Waals surface area contributed by atoms with E-state index in [1.165, 1.54) is 24.9 Å². The molecule has 6 heteroatoms. The number of hydrogen-bond acceptors (Lipinski definition) is 4. The van der Waals surface area contributed by atoms with Gasteiger partial charge in [0.05, 0.1) is 0 Å². The number of nitrogens with one attached hydrogen (secondary N) is 1. The van der Waals surface area contributed by atoms with Crippen molar-refractivity contribution in [2.24, 2.45) is 0 Å². The Morgan fingerprint density at radius 3 is 2.65 bits per heavy atom. The number of fused-ring (bicyclic) bond motifs is 1. The summed E-state index contributed by atoms with van der Waals surface area (Å²) >= 11 is 9.10. The number of rotatable bonds is 2. The molecule has 2 aliphatic rings. The van der Waals surface area contributed by atoms with E-state index in [2.05, 4.69) is 42.5 Å². The molecule has 0 saturated carbocycles. The van der Waals surface area contributed by atoms with Crippen LogP contribution in [-0.4, -0.2) is 46.8 Å². The standard InChI is InChI=1S/C14H18B2N2S2/c1-18-4-2-3-8(18)5-7-6-17-12-9(7)13(19)14(20)11(16)10(12)15/h7-8,17,19-20H,2-6H2,1H3/t7?,8-/m1/s1. The van der Waals surface area contributed by atoms with Gasteiger partial charge in [0.25, 0.3) is 0 Å². The number of anilines is 1. The molecule has 20 heavy (non-hydrogen) atoms. The largest absolute Gasteiger partial charge is 0.385 e. The van der Waals surface area contributed by atoms with Crippen molar-refractivity contribution in [1.29, 1.82) is 0 Å². The third kappa shape index (κ3) is 2.30. The summed E-state index contributed by atoms with van der Waals surface area (Å²) in [5.41, 5.74) is 3.31. The smallest absolute Gasteiger partial charge is 0.115 e. The van der Waals surface area contributed by atoms with Gasteiger partial charge in [-0.05, 0) is 38.4 Å². The van der Waals surface area contributed by atoms with Crippen LogP contribution < -0.4 is 16.2 Å². The van der Waals surface area contributed by atoms with Crippen molar-refractivity contribution in [3.05, 3.63) is 5.56 Å². The Morgan fingerprint density at radius 2 is 2.00 bits per heavy atom. The Labute approximate surface area is 134 Å². The third-order valence-electron chi connectivity index (χ3n) is 4.72. The van der Waals surface area contributed by atoms with Gasteiger partial charge in [-0.3, -0.25) is 0 Å². The average molecular weight is 300 g/mol. The lowest BCUT2D eigenvalue weighted by molar-refractivity contribution is 0.284. The molecule has 102 valence electrons. The Balaban J connectivity index is 1.93. The lowest BCUT2D eigenvalue weighted by Crippen LogP contribution is -2.30. The summed E-state index contributed by atoms with van der Waals surface area (Å²) in [6, 6.07) is 0.655.